The van der Waals surface area contributed by atoms with Crippen LogP contribution in [0.2, 0.25) is 0 Å². The number of halogens is 1. The lowest BCUT2D eigenvalue weighted by atomic mass is 9.83. The molecule has 2 aliphatic rings. The van der Waals surface area contributed by atoms with Crippen molar-refractivity contribution in [2.45, 2.75) is 37.6 Å². The molecule has 0 aromatic heterocycles. The molecule has 2 aliphatic heterocycles. The van der Waals surface area contributed by atoms with E-state index in [0.717, 1.165) is 36.9 Å². The molecule has 2 fully saturated rings. The van der Waals surface area contributed by atoms with E-state index in [1.54, 1.807) is 0 Å². The van der Waals surface area contributed by atoms with Crippen molar-refractivity contribution < 1.29 is 4.79 Å². The van der Waals surface area contributed by atoms with Gasteiger partial charge in [0.05, 0.1) is 5.92 Å². The minimum atomic E-state index is 0.0272. The van der Waals surface area contributed by atoms with Crippen LogP contribution in [0.1, 0.15) is 42.7 Å². The van der Waals surface area contributed by atoms with E-state index in [9.17, 15) is 4.79 Å². The van der Waals surface area contributed by atoms with Crippen LogP contribution in [0, 0.1) is 5.92 Å². The fourth-order valence-corrected chi connectivity index (χ4v) is 5.36. The predicted octanol–water partition coefficient (Wildman–Crippen LogP) is 4.55. The highest BCUT2D eigenvalue weighted by Crippen LogP contribution is 2.37. The molecule has 4 heteroatoms. The summed E-state index contributed by atoms with van der Waals surface area (Å²) in [7, 11) is 0. The maximum absolute atomic E-state index is 13.4. The van der Waals surface area contributed by atoms with Gasteiger partial charge in [0, 0.05) is 36.1 Å². The van der Waals surface area contributed by atoms with Crippen molar-refractivity contribution in [2.24, 2.45) is 5.92 Å². The zero-order chi connectivity index (χ0) is 18.8. The van der Waals surface area contributed by atoms with E-state index >= 15 is 0 Å². The highest BCUT2D eigenvalue weighted by Gasteiger charge is 2.40. The lowest BCUT2D eigenvalue weighted by Gasteiger charge is -2.40. The van der Waals surface area contributed by atoms with Gasteiger partial charge in [-0.05, 0) is 42.9 Å². The quantitative estimate of drug-likeness (QED) is 0.780. The van der Waals surface area contributed by atoms with Crippen LogP contribution in [-0.2, 0) is 4.79 Å². The summed E-state index contributed by atoms with van der Waals surface area (Å²) in [6, 6.07) is 19.3. The topological polar surface area (TPSA) is 32.3 Å². The maximum atomic E-state index is 13.4. The average molecular weight is 427 g/mol. The van der Waals surface area contributed by atoms with Crippen molar-refractivity contribution in [3.63, 3.8) is 0 Å². The number of rotatable bonds is 3. The molecule has 0 aliphatic carbocycles. The van der Waals surface area contributed by atoms with Crippen LogP contribution in [0.3, 0.4) is 0 Å². The Balaban J connectivity index is 1.47. The normalized spacial score (nSPS) is 28.3. The van der Waals surface area contributed by atoms with Crippen molar-refractivity contribution in [2.75, 3.05) is 19.6 Å². The molecule has 4 atom stereocenters. The van der Waals surface area contributed by atoms with E-state index in [2.05, 4.69) is 81.6 Å². The van der Waals surface area contributed by atoms with Gasteiger partial charge in [-0.15, -0.1) is 0 Å². The molecule has 2 saturated heterocycles. The third-order valence-corrected chi connectivity index (χ3v) is 6.99. The molecule has 27 heavy (non-hydrogen) atoms. The molecule has 1 amide bonds. The second-order valence-corrected chi connectivity index (χ2v) is 8.76. The molecule has 0 saturated carbocycles. The molecule has 0 spiro atoms. The molecule has 0 unspecified atom stereocenters. The number of hydrogen-bond acceptors (Lipinski definition) is 2. The third-order valence-electron chi connectivity index (χ3n) is 6.27. The van der Waals surface area contributed by atoms with Gasteiger partial charge in [0.25, 0.3) is 0 Å². The number of piperidine rings is 1. The van der Waals surface area contributed by atoms with Crippen LogP contribution in [0.25, 0.3) is 0 Å². The van der Waals surface area contributed by atoms with E-state index in [0.29, 0.717) is 11.8 Å². The first-order chi connectivity index (χ1) is 13.1. The molecule has 2 aromatic carbocycles. The second-order valence-electron chi connectivity index (χ2n) is 7.91. The van der Waals surface area contributed by atoms with Crippen molar-refractivity contribution in [3.05, 3.63) is 70.2 Å². The fourth-order valence-electron chi connectivity index (χ4n) is 4.78. The van der Waals surface area contributed by atoms with E-state index in [1.165, 1.54) is 11.1 Å². The first-order valence-corrected chi connectivity index (χ1v) is 10.7. The number of likely N-dealkylation sites (tertiary alicyclic amines) is 1. The van der Waals surface area contributed by atoms with Gasteiger partial charge in [0.2, 0.25) is 5.91 Å². The summed E-state index contributed by atoms with van der Waals surface area (Å²) in [5.41, 5.74) is 2.65. The number of carbonyl (C=O) groups excluding carboxylic acids is 1. The molecule has 0 radical (unpaired) electrons. The van der Waals surface area contributed by atoms with Crippen LogP contribution in [-0.4, -0.2) is 36.5 Å². The summed E-state index contributed by atoms with van der Waals surface area (Å²) in [5, 5.41) is 3.45. The van der Waals surface area contributed by atoms with Crippen LogP contribution in [0.4, 0.5) is 0 Å². The number of nitrogens with one attached hydrogen (secondary N) is 1. The smallest absolute Gasteiger partial charge is 0.227 e. The monoisotopic (exact) mass is 426 g/mol. The molecule has 142 valence electrons. The van der Waals surface area contributed by atoms with Crippen molar-refractivity contribution >= 4 is 21.8 Å². The van der Waals surface area contributed by atoms with E-state index in [1.807, 2.05) is 6.07 Å². The van der Waals surface area contributed by atoms with E-state index in [4.69, 9.17) is 0 Å². The van der Waals surface area contributed by atoms with Crippen molar-refractivity contribution in [1.82, 2.24) is 10.2 Å². The predicted molar refractivity (Wildman–Crippen MR) is 113 cm³/mol. The highest BCUT2D eigenvalue weighted by atomic mass is 79.9. The molecule has 1 N–H and O–H groups in total. The van der Waals surface area contributed by atoms with Crippen molar-refractivity contribution in [1.29, 1.82) is 0 Å². The van der Waals surface area contributed by atoms with Crippen LogP contribution in [0.15, 0.2) is 59.1 Å². The first-order valence-electron chi connectivity index (χ1n) is 9.95. The lowest BCUT2D eigenvalue weighted by Crippen LogP contribution is -2.48. The van der Waals surface area contributed by atoms with Gasteiger partial charge in [0.15, 0.2) is 0 Å². The maximum Gasteiger partial charge on any atom is 0.227 e. The Labute approximate surface area is 170 Å². The Morgan fingerprint density at radius 2 is 1.81 bits per heavy atom. The Kier molecular flexibility index (Phi) is 5.65. The molecule has 2 aromatic rings. The Morgan fingerprint density at radius 1 is 1.07 bits per heavy atom. The largest absolute Gasteiger partial charge is 0.340 e. The molecule has 4 rings (SSSR count). The van der Waals surface area contributed by atoms with Gasteiger partial charge in [-0.1, -0.05) is 64.5 Å². The number of nitrogens with zero attached hydrogens (tertiary/aromatic N) is 1. The van der Waals surface area contributed by atoms with Gasteiger partial charge in [-0.2, -0.15) is 0 Å². The molecular weight excluding hydrogens is 400 g/mol. The van der Waals surface area contributed by atoms with Gasteiger partial charge in [0.1, 0.15) is 0 Å². The average Bonchev–Trinajstić information content (AvgIpc) is 3.18. The summed E-state index contributed by atoms with van der Waals surface area (Å²) < 4.78 is 1.10. The molecular formula is C23H27BrN2O. The third kappa shape index (κ3) is 3.83. The molecule has 3 nitrogen and oxygen atoms in total. The standard InChI is InChI=1S/C23H27BrN2O/c1-16-13-18(17-7-3-2-4-8-17)11-12-26(16)23(27)21-15-25-14-20(21)19-9-5-6-10-22(19)24/h2-10,16,18,20-21,25H,11-15H2,1H3/t16-,18+,20+,21-/m1/s1. The minimum Gasteiger partial charge on any atom is -0.340 e. The Hall–Kier alpha value is -1.65. The summed E-state index contributed by atoms with van der Waals surface area (Å²) in [6.45, 7) is 4.71. The summed E-state index contributed by atoms with van der Waals surface area (Å²) >= 11 is 3.67. The van der Waals surface area contributed by atoms with Crippen LogP contribution >= 0.6 is 15.9 Å². The van der Waals surface area contributed by atoms with Gasteiger partial charge >= 0.3 is 0 Å². The SMILES string of the molecule is C[C@@H]1C[C@@H](c2ccccc2)CCN1C(=O)[C@@H]1CNC[C@H]1c1ccccc1Br. The Morgan fingerprint density at radius 3 is 2.56 bits per heavy atom. The van der Waals surface area contributed by atoms with Crippen LogP contribution in [0.5, 0.6) is 0 Å². The van der Waals surface area contributed by atoms with Crippen molar-refractivity contribution in [3.8, 4) is 0 Å². The Bertz CT molecular complexity index is 794. The molecule has 2 heterocycles. The zero-order valence-electron chi connectivity index (χ0n) is 15.8. The summed E-state index contributed by atoms with van der Waals surface area (Å²) in [6.07, 6.45) is 2.11. The molecule has 0 bridgehead atoms. The summed E-state index contributed by atoms with van der Waals surface area (Å²) in [5.74, 6) is 1.15. The summed E-state index contributed by atoms with van der Waals surface area (Å²) in [4.78, 5) is 15.6. The minimum absolute atomic E-state index is 0.0272. The second kappa shape index (κ2) is 8.15. The number of carbonyl (C=O) groups is 1. The van der Waals surface area contributed by atoms with Gasteiger partial charge in [-0.3, -0.25) is 4.79 Å². The van der Waals surface area contributed by atoms with Gasteiger partial charge < -0.3 is 10.2 Å². The first kappa shape index (κ1) is 18.7. The highest BCUT2D eigenvalue weighted by molar-refractivity contribution is 9.10. The van der Waals surface area contributed by atoms with E-state index in [-0.39, 0.29) is 17.9 Å². The van der Waals surface area contributed by atoms with Gasteiger partial charge in [-0.25, -0.2) is 0 Å². The van der Waals surface area contributed by atoms with E-state index < -0.39 is 0 Å². The number of hydrogen-bond donors (Lipinski definition) is 1. The number of amides is 1. The fraction of sp³-hybridized carbons (Fsp3) is 0.435. The lowest BCUT2D eigenvalue weighted by molar-refractivity contribution is -0.138. The zero-order valence-corrected chi connectivity index (χ0v) is 17.4. The number of benzene rings is 2. The van der Waals surface area contributed by atoms with Crippen LogP contribution < -0.4 is 5.32 Å².